The molecule has 3 aromatic rings. The normalized spacial score (nSPS) is 11.1. The first kappa shape index (κ1) is 12.4. The van der Waals surface area contributed by atoms with Crippen LogP contribution in [0, 0.1) is 5.82 Å². The lowest BCUT2D eigenvalue weighted by atomic mass is 10.1. The maximum atomic E-state index is 13.2. The maximum absolute atomic E-state index is 13.2. The summed E-state index contributed by atoms with van der Waals surface area (Å²) in [6.07, 6.45) is 1.71. The smallest absolute Gasteiger partial charge is 0.284 e. The van der Waals surface area contributed by atoms with Crippen LogP contribution in [0.3, 0.4) is 0 Å². The Kier molecular flexibility index (Phi) is 3.12. The number of benzene rings is 2. The van der Waals surface area contributed by atoms with Crippen molar-refractivity contribution in [2.45, 2.75) is 0 Å². The zero-order chi connectivity index (χ0) is 13.4. The zero-order valence-electron chi connectivity index (χ0n) is 9.94. The van der Waals surface area contributed by atoms with E-state index in [1.165, 1.54) is 23.5 Å². The molecule has 0 spiro atoms. The van der Waals surface area contributed by atoms with Gasteiger partial charge in [-0.3, -0.25) is 10.1 Å². The number of halogens is 1. The molecule has 0 aliphatic carbocycles. The van der Waals surface area contributed by atoms with Crippen LogP contribution in [0.1, 0.15) is 0 Å². The van der Waals surface area contributed by atoms with Crippen LogP contribution in [0.15, 0.2) is 30.3 Å². The molecule has 1 N–H and O–H groups in total. The fourth-order valence-corrected chi connectivity index (χ4v) is 3.14. The molecule has 1 amide bonds. The number of nitrogens with one attached hydrogen (secondary N) is 1. The van der Waals surface area contributed by atoms with Gasteiger partial charge in [0.25, 0.3) is 5.24 Å². The third-order valence-electron chi connectivity index (χ3n) is 2.73. The topological polar surface area (TPSA) is 42.0 Å². The fraction of sp³-hybridized carbons (Fsp3) is 0.0769. The van der Waals surface area contributed by atoms with E-state index in [4.69, 9.17) is 0 Å². The van der Waals surface area contributed by atoms with E-state index < -0.39 is 0 Å². The van der Waals surface area contributed by atoms with Gasteiger partial charge in [-0.15, -0.1) is 0 Å². The molecule has 96 valence electrons. The lowest BCUT2D eigenvalue weighted by molar-refractivity contribution is 0.270. The Morgan fingerprint density at radius 2 is 2.21 bits per heavy atom. The molecule has 0 aliphatic heterocycles. The van der Waals surface area contributed by atoms with Gasteiger partial charge in [0.2, 0.25) is 0 Å². The van der Waals surface area contributed by atoms with Crippen LogP contribution in [0.4, 0.5) is 14.3 Å². The Labute approximate surface area is 116 Å². The van der Waals surface area contributed by atoms with Crippen LogP contribution in [0.25, 0.3) is 21.0 Å². The van der Waals surface area contributed by atoms with E-state index in [1.54, 1.807) is 12.3 Å². The monoisotopic (exact) mass is 292 g/mol. The van der Waals surface area contributed by atoms with Gasteiger partial charge in [-0.25, -0.2) is 9.37 Å². The summed E-state index contributed by atoms with van der Waals surface area (Å²) in [4.78, 5) is 15.7. The average Bonchev–Trinajstić information content (AvgIpc) is 2.80. The number of carbonyl (C=O) groups excluding carboxylic acids is 1. The van der Waals surface area contributed by atoms with Crippen molar-refractivity contribution < 1.29 is 9.18 Å². The van der Waals surface area contributed by atoms with E-state index in [9.17, 15) is 9.18 Å². The molecule has 3 rings (SSSR count). The van der Waals surface area contributed by atoms with E-state index in [-0.39, 0.29) is 11.1 Å². The standard InChI is InChI=1S/C13H9FN2OS2/c1-18-13(17)16-12-15-10-5-2-7-6-8(14)3-4-9(7)11(10)19-12/h2-6H,1H3,(H,15,16,17). The highest BCUT2D eigenvalue weighted by Gasteiger charge is 2.09. The maximum Gasteiger partial charge on any atom is 0.284 e. The lowest BCUT2D eigenvalue weighted by Crippen LogP contribution is -2.02. The second-order valence-electron chi connectivity index (χ2n) is 3.91. The number of amides is 1. The highest BCUT2D eigenvalue weighted by Crippen LogP contribution is 2.33. The summed E-state index contributed by atoms with van der Waals surface area (Å²) < 4.78 is 14.1. The van der Waals surface area contributed by atoms with E-state index in [0.717, 1.165) is 32.8 Å². The average molecular weight is 292 g/mol. The van der Waals surface area contributed by atoms with Gasteiger partial charge in [0.15, 0.2) is 5.13 Å². The summed E-state index contributed by atoms with van der Waals surface area (Å²) in [5.41, 5.74) is 0.806. The number of hydrogen-bond acceptors (Lipinski definition) is 4. The Bertz CT molecular complexity index is 785. The molecule has 0 saturated carbocycles. The van der Waals surface area contributed by atoms with Crippen molar-refractivity contribution in [2.75, 3.05) is 11.6 Å². The summed E-state index contributed by atoms with van der Waals surface area (Å²) in [5, 5.41) is 4.91. The molecular formula is C13H9FN2OS2. The fourth-order valence-electron chi connectivity index (χ4n) is 1.88. The van der Waals surface area contributed by atoms with Crippen molar-refractivity contribution in [1.29, 1.82) is 0 Å². The van der Waals surface area contributed by atoms with E-state index in [2.05, 4.69) is 10.3 Å². The molecular weight excluding hydrogens is 283 g/mol. The predicted molar refractivity (Wildman–Crippen MR) is 79.6 cm³/mol. The van der Waals surface area contributed by atoms with Gasteiger partial charge in [0.1, 0.15) is 5.82 Å². The van der Waals surface area contributed by atoms with Crippen LogP contribution in [-0.2, 0) is 0 Å². The molecule has 3 nitrogen and oxygen atoms in total. The van der Waals surface area contributed by atoms with E-state index in [0.29, 0.717) is 5.13 Å². The van der Waals surface area contributed by atoms with Crippen molar-refractivity contribution >= 4 is 54.5 Å². The number of rotatable bonds is 1. The molecule has 0 atom stereocenters. The van der Waals surface area contributed by atoms with Crippen LogP contribution in [-0.4, -0.2) is 16.5 Å². The first-order valence-electron chi connectivity index (χ1n) is 5.51. The molecule has 0 fully saturated rings. The van der Waals surface area contributed by atoms with Gasteiger partial charge in [0, 0.05) is 5.39 Å². The quantitative estimate of drug-likeness (QED) is 0.719. The van der Waals surface area contributed by atoms with Gasteiger partial charge in [-0.1, -0.05) is 29.2 Å². The highest BCUT2D eigenvalue weighted by molar-refractivity contribution is 8.13. The Balaban J connectivity index is 2.16. The second kappa shape index (κ2) is 4.79. The van der Waals surface area contributed by atoms with Crippen molar-refractivity contribution in [2.24, 2.45) is 0 Å². The molecule has 6 heteroatoms. The number of thiazole rings is 1. The predicted octanol–water partition coefficient (Wildman–Crippen LogP) is 4.48. The van der Waals surface area contributed by atoms with Gasteiger partial charge in [0.05, 0.1) is 10.2 Å². The Morgan fingerprint density at radius 1 is 1.37 bits per heavy atom. The number of carbonyl (C=O) groups is 1. The van der Waals surface area contributed by atoms with Crippen molar-refractivity contribution in [3.05, 3.63) is 36.1 Å². The minimum atomic E-state index is -0.257. The SMILES string of the molecule is CSC(=O)Nc1nc2ccc3cc(F)ccc3c2s1. The van der Waals surface area contributed by atoms with E-state index in [1.807, 2.05) is 12.1 Å². The molecule has 19 heavy (non-hydrogen) atoms. The van der Waals surface area contributed by atoms with Gasteiger partial charge in [-0.05, 0) is 35.9 Å². The highest BCUT2D eigenvalue weighted by atomic mass is 32.2. The summed E-state index contributed by atoms with van der Waals surface area (Å²) in [6.45, 7) is 0. The number of fused-ring (bicyclic) bond motifs is 3. The van der Waals surface area contributed by atoms with Crippen molar-refractivity contribution in [3.63, 3.8) is 0 Å². The Morgan fingerprint density at radius 3 is 3.00 bits per heavy atom. The second-order valence-corrected chi connectivity index (χ2v) is 5.69. The number of hydrogen-bond donors (Lipinski definition) is 1. The third kappa shape index (κ3) is 2.29. The summed E-state index contributed by atoms with van der Waals surface area (Å²) in [6, 6.07) is 8.34. The van der Waals surface area contributed by atoms with Crippen LogP contribution in [0.5, 0.6) is 0 Å². The first-order valence-corrected chi connectivity index (χ1v) is 7.55. The van der Waals surface area contributed by atoms with Crippen LogP contribution >= 0.6 is 23.1 Å². The minimum Gasteiger partial charge on any atom is -0.293 e. The molecule has 2 aromatic carbocycles. The van der Waals surface area contributed by atoms with E-state index >= 15 is 0 Å². The van der Waals surface area contributed by atoms with Crippen LogP contribution < -0.4 is 5.32 Å². The molecule has 0 saturated heterocycles. The zero-order valence-corrected chi connectivity index (χ0v) is 11.6. The summed E-state index contributed by atoms with van der Waals surface area (Å²) >= 11 is 2.50. The molecule has 1 heterocycles. The third-order valence-corrected chi connectivity index (χ3v) is 4.22. The summed E-state index contributed by atoms with van der Waals surface area (Å²) in [5.74, 6) is -0.257. The molecule has 0 aliphatic rings. The Hall–Kier alpha value is -1.66. The van der Waals surface area contributed by atoms with Gasteiger partial charge >= 0.3 is 0 Å². The number of nitrogens with zero attached hydrogens (tertiary/aromatic N) is 1. The van der Waals surface area contributed by atoms with Gasteiger partial charge in [-0.2, -0.15) is 0 Å². The minimum absolute atomic E-state index is 0.144. The number of anilines is 1. The lowest BCUT2D eigenvalue weighted by Gasteiger charge is -1.98. The van der Waals surface area contributed by atoms with Crippen molar-refractivity contribution in [3.8, 4) is 0 Å². The first-order chi connectivity index (χ1) is 9.17. The van der Waals surface area contributed by atoms with Crippen LogP contribution in [0.2, 0.25) is 0 Å². The number of thioether (sulfide) groups is 1. The molecule has 0 unspecified atom stereocenters. The van der Waals surface area contributed by atoms with Gasteiger partial charge < -0.3 is 0 Å². The van der Waals surface area contributed by atoms with Crippen molar-refractivity contribution in [1.82, 2.24) is 4.98 Å². The number of aromatic nitrogens is 1. The molecule has 1 aromatic heterocycles. The largest absolute Gasteiger partial charge is 0.293 e. The summed E-state index contributed by atoms with van der Waals surface area (Å²) in [7, 11) is 0. The molecule has 0 bridgehead atoms. The molecule has 0 radical (unpaired) electrons.